The molecule has 1 aromatic carbocycles. The third kappa shape index (κ3) is 7.61. The molecule has 0 aliphatic rings. The SMILES string of the molecule is CCNC(=NCCCOCc1ccco1)N(C)CCOc1ccccc1. The Bertz CT molecular complexity index is 614. The van der Waals surface area contributed by atoms with Gasteiger partial charge in [-0.2, -0.15) is 0 Å². The molecule has 0 unspecified atom stereocenters. The number of furan rings is 1. The van der Waals surface area contributed by atoms with Crippen molar-refractivity contribution in [2.24, 2.45) is 4.99 Å². The van der Waals surface area contributed by atoms with Crippen LogP contribution < -0.4 is 10.1 Å². The molecule has 6 heteroatoms. The lowest BCUT2D eigenvalue weighted by Gasteiger charge is -2.22. The summed E-state index contributed by atoms with van der Waals surface area (Å²) in [6, 6.07) is 13.6. The van der Waals surface area contributed by atoms with E-state index in [0.717, 1.165) is 37.0 Å². The van der Waals surface area contributed by atoms with Gasteiger partial charge in [-0.15, -0.1) is 0 Å². The Morgan fingerprint density at radius 2 is 2.00 bits per heavy atom. The molecule has 1 aromatic heterocycles. The minimum Gasteiger partial charge on any atom is -0.492 e. The highest BCUT2D eigenvalue weighted by Crippen LogP contribution is 2.07. The van der Waals surface area contributed by atoms with Gasteiger partial charge in [0.15, 0.2) is 5.96 Å². The van der Waals surface area contributed by atoms with Crippen molar-refractivity contribution in [2.45, 2.75) is 20.0 Å². The smallest absolute Gasteiger partial charge is 0.193 e. The first-order valence-electron chi connectivity index (χ1n) is 9.07. The second-order valence-corrected chi connectivity index (χ2v) is 5.80. The molecule has 2 aromatic rings. The van der Waals surface area contributed by atoms with Gasteiger partial charge >= 0.3 is 0 Å². The number of likely N-dealkylation sites (N-methyl/N-ethyl adjacent to an activating group) is 1. The summed E-state index contributed by atoms with van der Waals surface area (Å²) in [5.74, 6) is 2.62. The van der Waals surface area contributed by atoms with Crippen molar-refractivity contribution in [2.75, 3.05) is 39.9 Å². The van der Waals surface area contributed by atoms with E-state index >= 15 is 0 Å². The Morgan fingerprint density at radius 1 is 1.15 bits per heavy atom. The van der Waals surface area contributed by atoms with E-state index in [1.165, 1.54) is 0 Å². The maximum atomic E-state index is 5.74. The molecule has 6 nitrogen and oxygen atoms in total. The van der Waals surface area contributed by atoms with Gasteiger partial charge < -0.3 is 24.1 Å². The number of para-hydroxylation sites is 1. The van der Waals surface area contributed by atoms with Crippen LogP contribution in [0.15, 0.2) is 58.1 Å². The Hall–Kier alpha value is -2.47. The summed E-state index contributed by atoms with van der Waals surface area (Å²) in [6.07, 6.45) is 2.52. The summed E-state index contributed by atoms with van der Waals surface area (Å²) in [7, 11) is 2.02. The van der Waals surface area contributed by atoms with E-state index < -0.39 is 0 Å². The van der Waals surface area contributed by atoms with Gasteiger partial charge in [0.25, 0.3) is 0 Å². The highest BCUT2D eigenvalue weighted by Gasteiger charge is 2.05. The Morgan fingerprint density at radius 3 is 2.73 bits per heavy atom. The summed E-state index contributed by atoms with van der Waals surface area (Å²) < 4.78 is 16.6. The van der Waals surface area contributed by atoms with Crippen molar-refractivity contribution in [3.63, 3.8) is 0 Å². The lowest BCUT2D eigenvalue weighted by molar-refractivity contribution is 0.105. The molecule has 0 saturated carbocycles. The van der Waals surface area contributed by atoms with Gasteiger partial charge in [-0.25, -0.2) is 0 Å². The highest BCUT2D eigenvalue weighted by molar-refractivity contribution is 5.79. The topological polar surface area (TPSA) is 59.2 Å². The average molecular weight is 359 g/mol. The largest absolute Gasteiger partial charge is 0.492 e. The molecule has 0 spiro atoms. The van der Waals surface area contributed by atoms with Crippen molar-refractivity contribution >= 4 is 5.96 Å². The number of nitrogens with zero attached hydrogens (tertiary/aromatic N) is 2. The van der Waals surface area contributed by atoms with Gasteiger partial charge in [-0.05, 0) is 37.6 Å². The summed E-state index contributed by atoms with van der Waals surface area (Å²) in [5.41, 5.74) is 0. The van der Waals surface area contributed by atoms with E-state index in [1.54, 1.807) is 6.26 Å². The number of benzene rings is 1. The zero-order valence-electron chi connectivity index (χ0n) is 15.7. The molecule has 0 radical (unpaired) electrons. The second kappa shape index (κ2) is 12.0. The van der Waals surface area contributed by atoms with Gasteiger partial charge in [0.05, 0.1) is 12.8 Å². The maximum absolute atomic E-state index is 5.74. The van der Waals surface area contributed by atoms with Gasteiger partial charge in [0, 0.05) is 26.7 Å². The van der Waals surface area contributed by atoms with Crippen LogP contribution in [0, 0.1) is 0 Å². The molecule has 0 amide bonds. The first-order chi connectivity index (χ1) is 12.8. The van der Waals surface area contributed by atoms with Gasteiger partial charge in [-0.1, -0.05) is 18.2 Å². The van der Waals surface area contributed by atoms with Crippen molar-refractivity contribution in [1.82, 2.24) is 10.2 Å². The van der Waals surface area contributed by atoms with Crippen LogP contribution in [0.25, 0.3) is 0 Å². The molecule has 0 aliphatic heterocycles. The van der Waals surface area contributed by atoms with Crippen LogP contribution in [0.5, 0.6) is 5.75 Å². The van der Waals surface area contributed by atoms with E-state index in [-0.39, 0.29) is 0 Å². The number of guanidine groups is 1. The van der Waals surface area contributed by atoms with Crippen molar-refractivity contribution < 1.29 is 13.9 Å². The third-order valence-corrected chi connectivity index (χ3v) is 3.67. The van der Waals surface area contributed by atoms with Gasteiger partial charge in [0.1, 0.15) is 24.7 Å². The summed E-state index contributed by atoms with van der Waals surface area (Å²) >= 11 is 0. The zero-order chi connectivity index (χ0) is 18.5. The first-order valence-corrected chi connectivity index (χ1v) is 9.07. The average Bonchev–Trinajstić information content (AvgIpc) is 3.18. The van der Waals surface area contributed by atoms with Crippen LogP contribution >= 0.6 is 0 Å². The van der Waals surface area contributed by atoms with Crippen LogP contribution in [0.2, 0.25) is 0 Å². The van der Waals surface area contributed by atoms with Crippen LogP contribution in [-0.4, -0.2) is 50.8 Å². The van der Waals surface area contributed by atoms with E-state index in [0.29, 0.717) is 26.4 Å². The summed E-state index contributed by atoms with van der Waals surface area (Å²) in [5, 5.41) is 3.31. The molecule has 2 rings (SSSR count). The summed E-state index contributed by atoms with van der Waals surface area (Å²) in [4.78, 5) is 6.73. The first kappa shape index (κ1) is 19.8. The molecule has 0 bridgehead atoms. The number of ether oxygens (including phenoxy) is 2. The number of aliphatic imine (C=N–C) groups is 1. The van der Waals surface area contributed by atoms with Crippen LogP contribution in [-0.2, 0) is 11.3 Å². The number of nitrogens with one attached hydrogen (secondary N) is 1. The minimum atomic E-state index is 0.507. The quantitative estimate of drug-likeness (QED) is 0.379. The molecule has 0 aliphatic carbocycles. The van der Waals surface area contributed by atoms with E-state index in [9.17, 15) is 0 Å². The molecule has 0 atom stereocenters. The monoisotopic (exact) mass is 359 g/mol. The van der Waals surface area contributed by atoms with Crippen molar-refractivity contribution in [3.8, 4) is 5.75 Å². The number of rotatable bonds is 11. The Balaban J connectivity index is 1.65. The maximum Gasteiger partial charge on any atom is 0.193 e. The number of hydrogen-bond acceptors (Lipinski definition) is 4. The molecule has 0 saturated heterocycles. The Labute approximate surface area is 155 Å². The lowest BCUT2D eigenvalue weighted by Crippen LogP contribution is -2.41. The van der Waals surface area contributed by atoms with Crippen molar-refractivity contribution in [3.05, 3.63) is 54.5 Å². The molecule has 26 heavy (non-hydrogen) atoms. The van der Waals surface area contributed by atoms with E-state index in [1.807, 2.05) is 49.5 Å². The van der Waals surface area contributed by atoms with E-state index in [2.05, 4.69) is 22.1 Å². The van der Waals surface area contributed by atoms with Crippen molar-refractivity contribution in [1.29, 1.82) is 0 Å². The highest BCUT2D eigenvalue weighted by atomic mass is 16.5. The fraction of sp³-hybridized carbons (Fsp3) is 0.450. The molecule has 1 N–H and O–H groups in total. The normalized spacial score (nSPS) is 11.4. The fourth-order valence-electron chi connectivity index (χ4n) is 2.31. The van der Waals surface area contributed by atoms with Crippen LogP contribution in [0.1, 0.15) is 19.1 Å². The minimum absolute atomic E-state index is 0.507. The lowest BCUT2D eigenvalue weighted by atomic mass is 10.3. The zero-order valence-corrected chi connectivity index (χ0v) is 15.7. The third-order valence-electron chi connectivity index (χ3n) is 3.67. The van der Waals surface area contributed by atoms with Gasteiger partial charge in [0.2, 0.25) is 0 Å². The Kier molecular flexibility index (Phi) is 9.14. The predicted molar refractivity (Wildman–Crippen MR) is 104 cm³/mol. The van der Waals surface area contributed by atoms with Crippen LogP contribution in [0.4, 0.5) is 0 Å². The molecular formula is C20H29N3O3. The number of hydrogen-bond donors (Lipinski definition) is 1. The molecule has 1 heterocycles. The molecular weight excluding hydrogens is 330 g/mol. The van der Waals surface area contributed by atoms with Gasteiger partial charge in [-0.3, -0.25) is 4.99 Å². The predicted octanol–water partition coefficient (Wildman–Crippen LogP) is 3.16. The van der Waals surface area contributed by atoms with E-state index in [4.69, 9.17) is 13.9 Å². The fourth-order valence-corrected chi connectivity index (χ4v) is 2.31. The molecule has 142 valence electrons. The summed E-state index contributed by atoms with van der Waals surface area (Å²) in [6.45, 7) is 6.14. The second-order valence-electron chi connectivity index (χ2n) is 5.80. The molecule has 0 fully saturated rings. The standard InChI is InChI=1S/C20H29N3O3/c1-3-21-20(22-12-8-14-24-17-19-11-7-15-25-19)23(2)13-16-26-18-9-5-4-6-10-18/h4-7,9-11,15H,3,8,12-14,16-17H2,1-2H3,(H,21,22). The van der Waals surface area contributed by atoms with Crippen LogP contribution in [0.3, 0.4) is 0 Å².